The van der Waals surface area contributed by atoms with Gasteiger partial charge in [-0.1, -0.05) is 6.92 Å². The lowest BCUT2D eigenvalue weighted by atomic mass is 10.1. The Morgan fingerprint density at radius 3 is 2.77 bits per heavy atom. The first-order valence-corrected chi connectivity index (χ1v) is 7.97. The molecule has 120 valence electrons. The van der Waals surface area contributed by atoms with E-state index in [1.165, 1.54) is 28.8 Å². The van der Waals surface area contributed by atoms with E-state index in [0.29, 0.717) is 12.3 Å². The van der Waals surface area contributed by atoms with E-state index < -0.39 is 12.1 Å². The average Bonchev–Trinajstić information content (AvgIpc) is 2.53. The molecule has 2 rings (SSSR count). The van der Waals surface area contributed by atoms with E-state index in [9.17, 15) is 14.0 Å². The Morgan fingerprint density at radius 2 is 2.14 bits per heavy atom. The lowest BCUT2D eigenvalue weighted by Gasteiger charge is -2.32. The monoisotopic (exact) mass is 327 g/mol. The van der Waals surface area contributed by atoms with Gasteiger partial charge in [-0.05, 0) is 24.3 Å². The fourth-order valence-corrected chi connectivity index (χ4v) is 3.05. The molecule has 1 saturated heterocycles. The zero-order valence-corrected chi connectivity index (χ0v) is 13.0. The van der Waals surface area contributed by atoms with Crippen LogP contribution in [0.1, 0.15) is 6.92 Å². The molecule has 0 aromatic heterocycles. The Bertz CT molecular complexity index is 537. The minimum atomic E-state index is -1.05. The SMILES string of the molecule is CC(CSc1ccc(F)cc1)C(=O)N1CCOC(C(=O)O)C1. The number of halogens is 1. The Morgan fingerprint density at radius 1 is 1.45 bits per heavy atom. The van der Waals surface area contributed by atoms with Crippen LogP contribution in [0.4, 0.5) is 4.39 Å². The minimum Gasteiger partial charge on any atom is -0.479 e. The first-order chi connectivity index (χ1) is 10.5. The highest BCUT2D eigenvalue weighted by Gasteiger charge is 2.30. The molecule has 0 aliphatic carbocycles. The predicted molar refractivity (Wildman–Crippen MR) is 80.2 cm³/mol. The maximum atomic E-state index is 12.8. The number of carbonyl (C=O) groups is 2. The van der Waals surface area contributed by atoms with E-state index in [1.807, 2.05) is 6.92 Å². The van der Waals surface area contributed by atoms with E-state index in [-0.39, 0.29) is 30.8 Å². The molecule has 1 heterocycles. The highest BCUT2D eigenvalue weighted by atomic mass is 32.2. The van der Waals surface area contributed by atoms with Crippen LogP contribution >= 0.6 is 11.8 Å². The average molecular weight is 327 g/mol. The highest BCUT2D eigenvalue weighted by Crippen LogP contribution is 2.22. The molecule has 7 heteroatoms. The van der Waals surface area contributed by atoms with E-state index in [0.717, 1.165) is 4.90 Å². The van der Waals surface area contributed by atoms with Crippen molar-refractivity contribution in [2.24, 2.45) is 5.92 Å². The van der Waals surface area contributed by atoms with Crippen LogP contribution in [0.25, 0.3) is 0 Å². The van der Waals surface area contributed by atoms with Crippen molar-refractivity contribution in [3.05, 3.63) is 30.1 Å². The van der Waals surface area contributed by atoms with Crippen molar-refractivity contribution in [3.63, 3.8) is 0 Å². The van der Waals surface area contributed by atoms with E-state index in [2.05, 4.69) is 0 Å². The number of ether oxygens (including phenoxy) is 1. The van der Waals surface area contributed by atoms with Crippen LogP contribution in [-0.2, 0) is 14.3 Å². The molecule has 22 heavy (non-hydrogen) atoms. The molecule has 0 radical (unpaired) electrons. The summed E-state index contributed by atoms with van der Waals surface area (Å²) in [7, 11) is 0. The third-order valence-electron chi connectivity index (χ3n) is 3.39. The molecule has 2 atom stereocenters. The maximum Gasteiger partial charge on any atom is 0.334 e. The highest BCUT2D eigenvalue weighted by molar-refractivity contribution is 7.99. The molecule has 0 saturated carbocycles. The van der Waals surface area contributed by atoms with Crippen molar-refractivity contribution in [2.75, 3.05) is 25.4 Å². The molecule has 1 aliphatic heterocycles. The van der Waals surface area contributed by atoms with Crippen LogP contribution in [0, 0.1) is 11.7 Å². The number of amides is 1. The zero-order chi connectivity index (χ0) is 16.1. The summed E-state index contributed by atoms with van der Waals surface area (Å²) in [6, 6.07) is 6.11. The van der Waals surface area contributed by atoms with Crippen LogP contribution in [0.3, 0.4) is 0 Å². The minimum absolute atomic E-state index is 0.0795. The first kappa shape index (κ1) is 16.8. The van der Waals surface area contributed by atoms with Gasteiger partial charge in [-0.15, -0.1) is 11.8 Å². The topological polar surface area (TPSA) is 66.8 Å². The fourth-order valence-electron chi connectivity index (χ4n) is 2.13. The van der Waals surface area contributed by atoms with Gasteiger partial charge in [0.1, 0.15) is 5.82 Å². The third-order valence-corrected chi connectivity index (χ3v) is 4.66. The van der Waals surface area contributed by atoms with Crippen molar-refractivity contribution in [3.8, 4) is 0 Å². The van der Waals surface area contributed by atoms with Crippen LogP contribution in [0.15, 0.2) is 29.2 Å². The van der Waals surface area contributed by atoms with Crippen molar-refractivity contribution in [2.45, 2.75) is 17.9 Å². The van der Waals surface area contributed by atoms with Gasteiger partial charge in [0.15, 0.2) is 6.10 Å². The van der Waals surface area contributed by atoms with Gasteiger partial charge in [-0.2, -0.15) is 0 Å². The number of hydrogen-bond acceptors (Lipinski definition) is 4. The summed E-state index contributed by atoms with van der Waals surface area (Å²) in [5.41, 5.74) is 0. The van der Waals surface area contributed by atoms with Crippen LogP contribution in [-0.4, -0.2) is 53.4 Å². The largest absolute Gasteiger partial charge is 0.479 e. The van der Waals surface area contributed by atoms with Crippen molar-refractivity contribution in [1.82, 2.24) is 4.90 Å². The molecule has 0 spiro atoms. The third kappa shape index (κ3) is 4.45. The molecule has 2 unspecified atom stereocenters. The maximum absolute atomic E-state index is 12.8. The number of hydrogen-bond donors (Lipinski definition) is 1. The number of carbonyl (C=O) groups excluding carboxylic acids is 1. The Hall–Kier alpha value is -1.60. The van der Waals surface area contributed by atoms with Crippen molar-refractivity contribution < 1.29 is 23.8 Å². The van der Waals surface area contributed by atoms with Gasteiger partial charge in [0.05, 0.1) is 13.2 Å². The number of nitrogens with zero attached hydrogens (tertiary/aromatic N) is 1. The summed E-state index contributed by atoms with van der Waals surface area (Å²) in [4.78, 5) is 25.7. The van der Waals surface area contributed by atoms with Crippen LogP contribution in [0.5, 0.6) is 0 Å². The van der Waals surface area contributed by atoms with Gasteiger partial charge in [0.2, 0.25) is 5.91 Å². The molecular formula is C15H18FNO4S. The lowest BCUT2D eigenvalue weighted by molar-refractivity contribution is -0.160. The molecule has 1 aromatic rings. The summed E-state index contributed by atoms with van der Waals surface area (Å²) >= 11 is 1.47. The van der Waals surface area contributed by atoms with Gasteiger partial charge in [-0.3, -0.25) is 4.79 Å². The fraction of sp³-hybridized carbons (Fsp3) is 0.467. The predicted octanol–water partition coefficient (Wildman–Crippen LogP) is 1.87. The van der Waals surface area contributed by atoms with Gasteiger partial charge >= 0.3 is 5.97 Å². The van der Waals surface area contributed by atoms with Gasteiger partial charge in [0.25, 0.3) is 0 Å². The second-order valence-electron chi connectivity index (χ2n) is 5.15. The molecule has 5 nitrogen and oxygen atoms in total. The van der Waals surface area contributed by atoms with E-state index in [1.54, 1.807) is 12.1 Å². The van der Waals surface area contributed by atoms with Crippen molar-refractivity contribution in [1.29, 1.82) is 0 Å². The second-order valence-corrected chi connectivity index (χ2v) is 6.24. The molecule has 1 amide bonds. The molecule has 1 N–H and O–H groups in total. The number of thioether (sulfide) groups is 1. The Balaban J connectivity index is 1.86. The summed E-state index contributed by atoms with van der Waals surface area (Å²) in [6.45, 7) is 2.54. The van der Waals surface area contributed by atoms with E-state index in [4.69, 9.17) is 9.84 Å². The summed E-state index contributed by atoms with van der Waals surface area (Å²) in [5.74, 6) is -1.11. The van der Waals surface area contributed by atoms with Crippen LogP contribution in [0.2, 0.25) is 0 Å². The van der Waals surface area contributed by atoms with Gasteiger partial charge in [-0.25, -0.2) is 9.18 Å². The van der Waals surface area contributed by atoms with E-state index >= 15 is 0 Å². The van der Waals surface area contributed by atoms with Gasteiger partial charge < -0.3 is 14.7 Å². The Kier molecular flexibility index (Phi) is 5.79. The molecule has 0 bridgehead atoms. The summed E-state index contributed by atoms with van der Waals surface area (Å²) in [5, 5.41) is 8.95. The number of carboxylic acid groups (broad SMARTS) is 1. The van der Waals surface area contributed by atoms with Gasteiger partial charge in [0, 0.05) is 23.1 Å². The number of carboxylic acids is 1. The quantitative estimate of drug-likeness (QED) is 0.836. The van der Waals surface area contributed by atoms with Crippen LogP contribution < -0.4 is 0 Å². The molecule has 1 aromatic carbocycles. The summed E-state index contributed by atoms with van der Waals surface area (Å²) in [6.07, 6.45) is -0.949. The number of rotatable bonds is 5. The normalized spacial score (nSPS) is 19.7. The number of morpholine rings is 1. The second kappa shape index (κ2) is 7.60. The first-order valence-electron chi connectivity index (χ1n) is 6.99. The van der Waals surface area contributed by atoms with Crippen molar-refractivity contribution >= 4 is 23.6 Å². The number of aliphatic carboxylic acids is 1. The Labute approximate surface area is 132 Å². The molecule has 1 fully saturated rings. The smallest absolute Gasteiger partial charge is 0.334 e. The molecular weight excluding hydrogens is 309 g/mol. The molecule has 1 aliphatic rings. The standard InChI is InChI=1S/C15H18FNO4S/c1-10(9-22-12-4-2-11(16)3-5-12)14(18)17-6-7-21-13(8-17)15(19)20/h2-5,10,13H,6-9H2,1H3,(H,19,20). The lowest BCUT2D eigenvalue weighted by Crippen LogP contribution is -2.50. The summed E-state index contributed by atoms with van der Waals surface area (Å²) < 4.78 is 17.9. The zero-order valence-electron chi connectivity index (χ0n) is 12.2. The number of benzene rings is 1.